The average Bonchev–Trinajstić information content (AvgIpc) is 3.46. The fourth-order valence-corrected chi connectivity index (χ4v) is 4.37. The molecule has 170 valence electrons. The quantitative estimate of drug-likeness (QED) is 0.558. The molecule has 3 heterocycles. The van der Waals surface area contributed by atoms with E-state index in [0.29, 0.717) is 12.1 Å². The maximum absolute atomic E-state index is 12.8. The Kier molecular flexibility index (Phi) is 6.95. The molecule has 0 spiro atoms. The first kappa shape index (κ1) is 22.1. The van der Waals surface area contributed by atoms with Gasteiger partial charge in [0.05, 0.1) is 18.4 Å². The Morgan fingerprint density at radius 2 is 1.91 bits per heavy atom. The molecule has 3 aromatic rings. The van der Waals surface area contributed by atoms with Crippen LogP contribution in [0.2, 0.25) is 0 Å². The van der Waals surface area contributed by atoms with E-state index in [0.717, 1.165) is 55.5 Å². The Labute approximate surface area is 190 Å². The Bertz CT molecular complexity index is 1050. The van der Waals surface area contributed by atoms with Crippen molar-refractivity contribution in [1.82, 2.24) is 19.6 Å². The molecule has 1 amide bonds. The number of anilines is 1. The number of pyridine rings is 1. The number of amides is 1. The Hall–Kier alpha value is -3.06. The van der Waals surface area contributed by atoms with Gasteiger partial charge < -0.3 is 19.9 Å². The zero-order valence-corrected chi connectivity index (χ0v) is 19.3. The van der Waals surface area contributed by atoms with E-state index in [1.165, 1.54) is 18.4 Å². The lowest BCUT2D eigenvalue weighted by atomic mass is 10.2. The van der Waals surface area contributed by atoms with E-state index in [4.69, 9.17) is 9.72 Å². The van der Waals surface area contributed by atoms with Crippen LogP contribution < -0.4 is 15.0 Å². The number of hydrogen-bond donors (Lipinski definition) is 1. The first-order valence-electron chi connectivity index (χ1n) is 11.4. The second-order valence-corrected chi connectivity index (χ2v) is 8.39. The van der Waals surface area contributed by atoms with Crippen molar-refractivity contribution in [3.8, 4) is 5.75 Å². The van der Waals surface area contributed by atoms with E-state index in [9.17, 15) is 4.79 Å². The van der Waals surface area contributed by atoms with Crippen LogP contribution >= 0.6 is 0 Å². The van der Waals surface area contributed by atoms with Crippen molar-refractivity contribution in [2.75, 3.05) is 45.2 Å². The van der Waals surface area contributed by atoms with Gasteiger partial charge in [0.2, 0.25) is 0 Å². The fourth-order valence-electron chi connectivity index (χ4n) is 4.37. The molecule has 7 heteroatoms. The highest BCUT2D eigenvalue weighted by Gasteiger charge is 2.17. The van der Waals surface area contributed by atoms with Crippen LogP contribution in [-0.2, 0) is 13.0 Å². The summed E-state index contributed by atoms with van der Waals surface area (Å²) in [6.45, 7) is 6.71. The normalized spacial score (nSPS) is 14.1. The van der Waals surface area contributed by atoms with Gasteiger partial charge in [-0.3, -0.25) is 9.20 Å². The Balaban J connectivity index is 1.52. The van der Waals surface area contributed by atoms with E-state index in [2.05, 4.69) is 41.2 Å². The van der Waals surface area contributed by atoms with E-state index in [1.54, 1.807) is 7.11 Å². The van der Waals surface area contributed by atoms with Crippen molar-refractivity contribution in [3.63, 3.8) is 0 Å². The highest BCUT2D eigenvalue weighted by Crippen LogP contribution is 2.25. The fraction of sp³-hybridized carbons (Fsp3) is 0.440. The van der Waals surface area contributed by atoms with Gasteiger partial charge in [-0.05, 0) is 62.2 Å². The first-order chi connectivity index (χ1) is 15.6. The van der Waals surface area contributed by atoms with Crippen molar-refractivity contribution >= 4 is 17.4 Å². The number of carbonyl (C=O) groups excluding carboxylic acids is 1. The van der Waals surface area contributed by atoms with Crippen molar-refractivity contribution < 1.29 is 9.53 Å². The summed E-state index contributed by atoms with van der Waals surface area (Å²) in [6.07, 6.45) is 5.25. The van der Waals surface area contributed by atoms with Gasteiger partial charge in [0, 0.05) is 32.9 Å². The van der Waals surface area contributed by atoms with Gasteiger partial charge in [-0.15, -0.1) is 0 Å². The SMILES string of the molecule is CCc1nc2ccc(C(=O)NCCN3CCCC3)cn2c1N(C)Cc1ccc(OC)cc1. The number of methoxy groups -OCH3 is 1. The van der Waals surface area contributed by atoms with E-state index in [1.807, 2.05) is 34.9 Å². The van der Waals surface area contributed by atoms with E-state index in [-0.39, 0.29) is 5.91 Å². The largest absolute Gasteiger partial charge is 0.497 e. The van der Waals surface area contributed by atoms with Gasteiger partial charge in [0.1, 0.15) is 17.2 Å². The molecule has 0 radical (unpaired) electrons. The molecule has 32 heavy (non-hydrogen) atoms. The summed E-state index contributed by atoms with van der Waals surface area (Å²) in [7, 11) is 3.74. The number of nitrogens with zero attached hydrogens (tertiary/aromatic N) is 4. The smallest absolute Gasteiger partial charge is 0.252 e. The lowest BCUT2D eigenvalue weighted by molar-refractivity contribution is 0.0949. The lowest BCUT2D eigenvalue weighted by Gasteiger charge is -2.20. The van der Waals surface area contributed by atoms with Crippen molar-refractivity contribution in [2.45, 2.75) is 32.7 Å². The van der Waals surface area contributed by atoms with Crippen LogP contribution in [0.5, 0.6) is 5.75 Å². The molecule has 2 aromatic heterocycles. The number of aryl methyl sites for hydroxylation is 1. The minimum atomic E-state index is -0.0402. The summed E-state index contributed by atoms with van der Waals surface area (Å²) < 4.78 is 7.30. The average molecular weight is 436 g/mol. The lowest BCUT2D eigenvalue weighted by Crippen LogP contribution is -2.33. The standard InChI is InChI=1S/C25H33N5O2/c1-4-22-25(28(2)17-19-7-10-21(32-3)11-8-19)30-18-20(9-12-23(30)27-22)24(31)26-13-16-29-14-5-6-15-29/h7-12,18H,4-6,13-17H2,1-3H3,(H,26,31). The number of imidazole rings is 1. The molecule has 0 saturated carbocycles. The van der Waals surface area contributed by atoms with Gasteiger partial charge in [-0.25, -0.2) is 4.98 Å². The third-order valence-electron chi connectivity index (χ3n) is 6.11. The number of likely N-dealkylation sites (tertiary alicyclic amines) is 1. The van der Waals surface area contributed by atoms with Crippen LogP contribution in [0.25, 0.3) is 5.65 Å². The number of rotatable bonds is 9. The molecule has 0 aliphatic carbocycles. The Morgan fingerprint density at radius 3 is 2.59 bits per heavy atom. The highest BCUT2D eigenvalue weighted by molar-refractivity contribution is 5.94. The minimum absolute atomic E-state index is 0.0402. The molecule has 1 aliphatic heterocycles. The van der Waals surface area contributed by atoms with Crippen molar-refractivity contribution in [1.29, 1.82) is 0 Å². The van der Waals surface area contributed by atoms with Gasteiger partial charge >= 0.3 is 0 Å². The van der Waals surface area contributed by atoms with Crippen molar-refractivity contribution in [2.24, 2.45) is 0 Å². The van der Waals surface area contributed by atoms with Crippen molar-refractivity contribution in [3.05, 3.63) is 59.4 Å². The zero-order valence-electron chi connectivity index (χ0n) is 19.3. The summed E-state index contributed by atoms with van der Waals surface area (Å²) in [4.78, 5) is 22.2. The predicted octanol–water partition coefficient (Wildman–Crippen LogP) is 3.37. The first-order valence-corrected chi connectivity index (χ1v) is 11.4. The number of nitrogens with one attached hydrogen (secondary N) is 1. The molecule has 0 unspecified atom stereocenters. The van der Waals surface area contributed by atoms with Crippen LogP contribution in [0.3, 0.4) is 0 Å². The summed E-state index contributed by atoms with van der Waals surface area (Å²) in [5.74, 6) is 1.83. The highest BCUT2D eigenvalue weighted by atomic mass is 16.5. The number of aromatic nitrogens is 2. The molecule has 7 nitrogen and oxygen atoms in total. The number of benzene rings is 1. The topological polar surface area (TPSA) is 62.1 Å². The molecule has 1 N–H and O–H groups in total. The second-order valence-electron chi connectivity index (χ2n) is 8.39. The van der Waals surface area contributed by atoms with E-state index < -0.39 is 0 Å². The summed E-state index contributed by atoms with van der Waals surface area (Å²) in [5.41, 5.74) is 3.71. The maximum atomic E-state index is 12.8. The Morgan fingerprint density at radius 1 is 1.16 bits per heavy atom. The molecule has 0 bridgehead atoms. The second kappa shape index (κ2) is 10.0. The molecule has 1 saturated heterocycles. The molecule has 1 aliphatic rings. The van der Waals surface area contributed by atoms with Gasteiger partial charge in [0.15, 0.2) is 0 Å². The number of ether oxygens (including phenoxy) is 1. The van der Waals surface area contributed by atoms with Crippen LogP contribution in [-0.4, -0.2) is 60.5 Å². The maximum Gasteiger partial charge on any atom is 0.252 e. The minimum Gasteiger partial charge on any atom is -0.497 e. The van der Waals surface area contributed by atoms with Gasteiger partial charge in [0.25, 0.3) is 5.91 Å². The molecular formula is C25H33N5O2. The number of carbonyl (C=O) groups is 1. The third kappa shape index (κ3) is 4.88. The number of hydrogen-bond acceptors (Lipinski definition) is 5. The molecular weight excluding hydrogens is 402 g/mol. The monoisotopic (exact) mass is 435 g/mol. The van der Waals surface area contributed by atoms with Crippen LogP contribution in [0.1, 0.15) is 41.4 Å². The molecule has 1 fully saturated rings. The number of fused-ring (bicyclic) bond motifs is 1. The van der Waals surface area contributed by atoms with E-state index >= 15 is 0 Å². The van der Waals surface area contributed by atoms with Gasteiger partial charge in [-0.2, -0.15) is 0 Å². The molecule has 4 rings (SSSR count). The van der Waals surface area contributed by atoms with Gasteiger partial charge in [-0.1, -0.05) is 19.1 Å². The predicted molar refractivity (Wildman–Crippen MR) is 128 cm³/mol. The third-order valence-corrected chi connectivity index (χ3v) is 6.11. The summed E-state index contributed by atoms with van der Waals surface area (Å²) >= 11 is 0. The zero-order chi connectivity index (χ0) is 22.5. The van der Waals surface area contributed by atoms with Crippen LogP contribution in [0.15, 0.2) is 42.6 Å². The van der Waals surface area contributed by atoms with Crippen LogP contribution in [0.4, 0.5) is 5.82 Å². The summed E-state index contributed by atoms with van der Waals surface area (Å²) in [5, 5.41) is 3.07. The molecule has 1 aromatic carbocycles. The molecule has 0 atom stereocenters. The summed E-state index contributed by atoms with van der Waals surface area (Å²) in [6, 6.07) is 11.9. The van der Waals surface area contributed by atoms with Crippen LogP contribution in [0, 0.1) is 0 Å².